The summed E-state index contributed by atoms with van der Waals surface area (Å²) in [5.41, 5.74) is 0. The summed E-state index contributed by atoms with van der Waals surface area (Å²) >= 11 is 0. The van der Waals surface area contributed by atoms with Gasteiger partial charge < -0.3 is 33.8 Å². The molecule has 0 aromatic heterocycles. The van der Waals surface area contributed by atoms with Crippen LogP contribution in [0, 0.1) is 11.8 Å². The maximum atomic E-state index is 13.1. The number of phosphoric acid groups is 2. The van der Waals surface area contributed by atoms with Gasteiger partial charge in [-0.2, -0.15) is 0 Å². The van der Waals surface area contributed by atoms with Crippen LogP contribution in [0.5, 0.6) is 0 Å². The lowest BCUT2D eigenvalue weighted by Gasteiger charge is -2.21. The van der Waals surface area contributed by atoms with Gasteiger partial charge in [0.05, 0.1) is 26.4 Å². The Bertz CT molecular complexity index is 1940. The zero-order valence-electron chi connectivity index (χ0n) is 66.2. The molecule has 0 heterocycles. The van der Waals surface area contributed by atoms with Gasteiger partial charge in [-0.05, 0) is 37.5 Å². The van der Waals surface area contributed by atoms with Crippen LogP contribution < -0.4 is 0 Å². The summed E-state index contributed by atoms with van der Waals surface area (Å²) in [4.78, 5) is 73.1. The number of aliphatic hydroxyl groups is 1. The van der Waals surface area contributed by atoms with Gasteiger partial charge in [0.2, 0.25) is 0 Å². The van der Waals surface area contributed by atoms with Gasteiger partial charge in [-0.3, -0.25) is 37.3 Å². The molecule has 0 amide bonds. The van der Waals surface area contributed by atoms with Crippen LogP contribution in [0.2, 0.25) is 0 Å². The fraction of sp³-hybridized carbons (Fsp3) is 0.951. The quantitative estimate of drug-likeness (QED) is 0.0222. The van der Waals surface area contributed by atoms with Gasteiger partial charge in [-0.15, -0.1) is 0 Å². The van der Waals surface area contributed by atoms with E-state index in [1.165, 1.54) is 250 Å². The summed E-state index contributed by atoms with van der Waals surface area (Å²) in [6.07, 6.45) is 63.7. The maximum Gasteiger partial charge on any atom is 0.472 e. The molecule has 3 N–H and O–H groups in total. The zero-order chi connectivity index (χ0) is 74.2. The molecule has 0 aliphatic carbocycles. The largest absolute Gasteiger partial charge is 0.472 e. The molecule has 0 aliphatic rings. The third-order valence-electron chi connectivity index (χ3n) is 19.2. The van der Waals surface area contributed by atoms with Crippen LogP contribution in [0.3, 0.4) is 0 Å². The molecule has 0 saturated carbocycles. The molecule has 0 spiro atoms. The summed E-state index contributed by atoms with van der Waals surface area (Å²) in [6, 6.07) is 0. The van der Waals surface area contributed by atoms with E-state index >= 15 is 0 Å². The average Bonchev–Trinajstić information content (AvgIpc) is 3.48. The number of carbonyl (C=O) groups excluding carboxylic acids is 4. The Morgan fingerprint density at radius 1 is 0.267 bits per heavy atom. The Morgan fingerprint density at radius 3 is 0.673 bits per heavy atom. The Morgan fingerprint density at radius 2 is 0.455 bits per heavy atom. The van der Waals surface area contributed by atoms with E-state index in [-0.39, 0.29) is 25.7 Å². The second kappa shape index (κ2) is 73.6. The highest BCUT2D eigenvalue weighted by Gasteiger charge is 2.30. The van der Waals surface area contributed by atoms with Crippen molar-refractivity contribution in [1.29, 1.82) is 0 Å². The SMILES string of the molecule is CCCCCCCCCCCCCCCCCC(=O)O[C@H](COC(=O)CCCCCCCCCCCCC)COP(=O)(O)OC[C@H](O)COP(=O)(O)OC[C@@H](COC(=O)CCCCCCCCCCCCCCCCC(C)C)OC(=O)CCCCCCCCCCCCCCCCCC(C)C. The van der Waals surface area contributed by atoms with Crippen LogP contribution in [0.15, 0.2) is 0 Å². The molecule has 2 unspecified atom stereocenters. The van der Waals surface area contributed by atoms with Crippen molar-refractivity contribution in [2.24, 2.45) is 11.8 Å². The number of unbranched alkanes of at least 4 members (excludes halogenated alkanes) is 51. The second-order valence-electron chi connectivity index (χ2n) is 30.5. The first-order valence-corrected chi connectivity index (χ1v) is 45.5. The number of ether oxygens (including phenoxy) is 4. The van der Waals surface area contributed by atoms with Gasteiger partial charge in [0.15, 0.2) is 12.2 Å². The van der Waals surface area contributed by atoms with Crippen molar-refractivity contribution in [3.8, 4) is 0 Å². The topological polar surface area (TPSA) is 237 Å². The molecule has 19 heteroatoms. The van der Waals surface area contributed by atoms with E-state index in [0.717, 1.165) is 102 Å². The minimum absolute atomic E-state index is 0.108. The summed E-state index contributed by atoms with van der Waals surface area (Å²) in [5, 5.41) is 10.7. The lowest BCUT2D eigenvalue weighted by Crippen LogP contribution is -2.30. The minimum Gasteiger partial charge on any atom is -0.462 e. The van der Waals surface area contributed by atoms with Crippen molar-refractivity contribution in [3.05, 3.63) is 0 Å². The van der Waals surface area contributed by atoms with Gasteiger partial charge in [-0.1, -0.05) is 382 Å². The summed E-state index contributed by atoms with van der Waals surface area (Å²) < 4.78 is 68.8. The Kier molecular flexibility index (Phi) is 72.2. The van der Waals surface area contributed by atoms with Crippen molar-refractivity contribution >= 4 is 39.5 Å². The van der Waals surface area contributed by atoms with Crippen LogP contribution >= 0.6 is 15.6 Å². The van der Waals surface area contributed by atoms with Crippen LogP contribution in [-0.4, -0.2) is 96.7 Å². The summed E-state index contributed by atoms with van der Waals surface area (Å²) in [5.74, 6) is -0.503. The third-order valence-corrected chi connectivity index (χ3v) is 21.1. The summed E-state index contributed by atoms with van der Waals surface area (Å²) in [6.45, 7) is 9.70. The normalized spacial score (nSPS) is 13.9. The number of hydrogen-bond acceptors (Lipinski definition) is 15. The molecule has 101 heavy (non-hydrogen) atoms. The monoisotopic (exact) mass is 1480 g/mol. The van der Waals surface area contributed by atoms with Crippen LogP contribution in [0.25, 0.3) is 0 Å². The van der Waals surface area contributed by atoms with E-state index in [0.29, 0.717) is 25.7 Å². The highest BCUT2D eigenvalue weighted by molar-refractivity contribution is 7.47. The van der Waals surface area contributed by atoms with Crippen molar-refractivity contribution in [2.75, 3.05) is 39.6 Å². The first kappa shape index (κ1) is 99.1. The lowest BCUT2D eigenvalue weighted by molar-refractivity contribution is -0.161. The predicted molar refractivity (Wildman–Crippen MR) is 414 cm³/mol. The molecule has 5 atom stereocenters. The van der Waals surface area contributed by atoms with Gasteiger partial charge in [-0.25, -0.2) is 9.13 Å². The van der Waals surface area contributed by atoms with Crippen molar-refractivity contribution in [1.82, 2.24) is 0 Å². The molecule has 0 aromatic rings. The molecule has 0 rings (SSSR count). The van der Waals surface area contributed by atoms with Crippen LogP contribution in [0.1, 0.15) is 433 Å². The number of carbonyl (C=O) groups is 4. The van der Waals surface area contributed by atoms with E-state index in [1.54, 1.807) is 0 Å². The Balaban J connectivity index is 5.25. The van der Waals surface area contributed by atoms with Gasteiger partial charge >= 0.3 is 39.5 Å². The van der Waals surface area contributed by atoms with Crippen molar-refractivity contribution in [2.45, 2.75) is 452 Å². The molecular weight excluding hydrogens is 1320 g/mol. The molecule has 0 aromatic carbocycles. The first-order chi connectivity index (χ1) is 48.9. The van der Waals surface area contributed by atoms with E-state index in [9.17, 15) is 43.2 Å². The molecule has 17 nitrogen and oxygen atoms in total. The smallest absolute Gasteiger partial charge is 0.462 e. The number of hydrogen-bond donors (Lipinski definition) is 3. The number of aliphatic hydroxyl groups excluding tert-OH is 1. The van der Waals surface area contributed by atoms with Crippen LogP contribution in [-0.2, 0) is 65.4 Å². The van der Waals surface area contributed by atoms with Crippen molar-refractivity contribution < 1.29 is 80.2 Å². The van der Waals surface area contributed by atoms with E-state index in [2.05, 4.69) is 41.5 Å². The molecular formula is C82H160O17P2. The van der Waals surface area contributed by atoms with Crippen LogP contribution in [0.4, 0.5) is 0 Å². The molecule has 0 bridgehead atoms. The highest BCUT2D eigenvalue weighted by atomic mass is 31.2. The molecule has 0 saturated heterocycles. The van der Waals surface area contributed by atoms with Gasteiger partial charge in [0, 0.05) is 25.7 Å². The minimum atomic E-state index is -4.96. The average molecular weight is 1480 g/mol. The second-order valence-corrected chi connectivity index (χ2v) is 33.4. The number of phosphoric ester groups is 2. The molecule has 0 radical (unpaired) electrons. The highest BCUT2D eigenvalue weighted by Crippen LogP contribution is 2.45. The van der Waals surface area contributed by atoms with E-state index in [4.69, 9.17) is 37.0 Å². The van der Waals surface area contributed by atoms with E-state index in [1.807, 2.05) is 0 Å². The molecule has 0 fully saturated rings. The lowest BCUT2D eigenvalue weighted by atomic mass is 10.0. The first-order valence-electron chi connectivity index (χ1n) is 42.5. The number of rotatable bonds is 81. The maximum absolute atomic E-state index is 13.1. The van der Waals surface area contributed by atoms with E-state index < -0.39 is 97.5 Å². The molecule has 600 valence electrons. The van der Waals surface area contributed by atoms with Gasteiger partial charge in [0.1, 0.15) is 19.3 Å². The fourth-order valence-corrected chi connectivity index (χ4v) is 14.3. The number of esters is 4. The van der Waals surface area contributed by atoms with Gasteiger partial charge in [0.25, 0.3) is 0 Å². The fourth-order valence-electron chi connectivity index (χ4n) is 12.7. The predicted octanol–water partition coefficient (Wildman–Crippen LogP) is 24.7. The Labute approximate surface area is 619 Å². The zero-order valence-corrected chi connectivity index (χ0v) is 68.0. The Hall–Kier alpha value is -1.94. The van der Waals surface area contributed by atoms with Crippen molar-refractivity contribution in [3.63, 3.8) is 0 Å². The standard InChI is InChI=1S/C82H160O17P2/c1-7-9-11-13-15-17-19-20-22-30-36-42-48-54-60-66-81(86)98-77(70-92-79(84)64-58-52-46-40-32-18-16-14-12-10-8-2)72-96-100(88,89)94-68-76(83)69-95-101(90,91)97-73-78(71-93-80(85)65-59-53-47-41-35-29-26-25-28-34-39-45-51-57-63-75(5)6)99-82(87)67-61-55-49-43-37-31-24-21-23-27-33-38-44-50-56-62-74(3)4/h74-78,83H,7-73H2,1-6H3,(H,88,89)(H,90,91)/t76-,77+,78+/m0/s1. The third kappa shape index (κ3) is 76.1. The summed E-state index contributed by atoms with van der Waals surface area (Å²) in [7, 11) is -9.92. The molecule has 0 aliphatic heterocycles.